The van der Waals surface area contributed by atoms with Crippen molar-refractivity contribution in [2.24, 2.45) is 5.73 Å². The Balaban J connectivity index is 1.41. The van der Waals surface area contributed by atoms with Gasteiger partial charge in [0.2, 0.25) is 11.5 Å². The summed E-state index contributed by atoms with van der Waals surface area (Å²) in [5.41, 5.74) is -0.0332. The monoisotopic (exact) mass is 631 g/mol. The van der Waals surface area contributed by atoms with Crippen LogP contribution in [0.25, 0.3) is 22.2 Å². The van der Waals surface area contributed by atoms with E-state index in [1.165, 1.54) is 24.3 Å². The van der Waals surface area contributed by atoms with Gasteiger partial charge in [0.05, 0.1) is 23.3 Å². The van der Waals surface area contributed by atoms with Gasteiger partial charge in [-0.1, -0.05) is 18.5 Å². The summed E-state index contributed by atoms with van der Waals surface area (Å²) >= 11 is 6.34. The van der Waals surface area contributed by atoms with Crippen LogP contribution in [0, 0.1) is 5.82 Å². The molecule has 4 N–H and O–H groups in total. The van der Waals surface area contributed by atoms with Crippen LogP contribution in [0.2, 0.25) is 5.02 Å². The quantitative estimate of drug-likeness (QED) is 0.236. The molecule has 4 aromatic rings. The van der Waals surface area contributed by atoms with Gasteiger partial charge < -0.3 is 20.9 Å². The maximum atomic E-state index is 14.7. The van der Waals surface area contributed by atoms with Gasteiger partial charge in [0.15, 0.2) is 0 Å². The molecule has 14 heteroatoms. The van der Waals surface area contributed by atoms with Crippen LogP contribution in [0.15, 0.2) is 48.7 Å². The molecule has 2 aromatic carbocycles. The summed E-state index contributed by atoms with van der Waals surface area (Å²) in [6, 6.07) is 8.63. The van der Waals surface area contributed by atoms with E-state index in [1.54, 1.807) is 17.8 Å². The van der Waals surface area contributed by atoms with Gasteiger partial charge in [-0.25, -0.2) is 9.37 Å². The van der Waals surface area contributed by atoms with Gasteiger partial charge in [0.25, 0.3) is 5.91 Å². The summed E-state index contributed by atoms with van der Waals surface area (Å²) in [5, 5.41) is 18.5. The molecule has 0 bridgehead atoms. The Labute approximate surface area is 253 Å². The minimum Gasteiger partial charge on any atom is -0.489 e. The van der Waals surface area contributed by atoms with Crippen molar-refractivity contribution in [2.45, 2.75) is 49.4 Å². The van der Waals surface area contributed by atoms with E-state index in [-0.39, 0.29) is 52.2 Å². The molecule has 2 aromatic heterocycles. The van der Waals surface area contributed by atoms with E-state index in [0.29, 0.717) is 10.9 Å². The minimum absolute atomic E-state index is 0.00395. The van der Waals surface area contributed by atoms with Crippen molar-refractivity contribution < 1.29 is 37.0 Å². The summed E-state index contributed by atoms with van der Waals surface area (Å²) in [5.74, 6) is -2.39. The van der Waals surface area contributed by atoms with Crippen molar-refractivity contribution in [3.63, 3.8) is 0 Å². The molecule has 9 nitrogen and oxygen atoms in total. The van der Waals surface area contributed by atoms with Gasteiger partial charge in [0.1, 0.15) is 34.8 Å². The molecule has 230 valence electrons. The number of rotatable bonds is 8. The lowest BCUT2D eigenvalue weighted by atomic mass is 9.78. The predicted octanol–water partition coefficient (Wildman–Crippen LogP) is 4.93. The summed E-state index contributed by atoms with van der Waals surface area (Å²) in [7, 11) is 0. The van der Waals surface area contributed by atoms with Crippen LogP contribution >= 0.6 is 11.6 Å². The molecular weight excluding hydrogens is 606 g/mol. The number of benzene rings is 2. The molecule has 2 atom stereocenters. The third-order valence-corrected chi connectivity index (χ3v) is 8.59. The molecule has 0 unspecified atom stereocenters. The van der Waals surface area contributed by atoms with Crippen LogP contribution < -0.4 is 15.8 Å². The molecule has 1 fully saturated rings. The Morgan fingerprint density at radius 1 is 1.20 bits per heavy atom. The first kappa shape index (κ1) is 29.8. The maximum absolute atomic E-state index is 14.7. The summed E-state index contributed by atoms with van der Waals surface area (Å²) in [4.78, 5) is 29.9. The fourth-order valence-corrected chi connectivity index (χ4v) is 5.67. The standard InChI is InChI=1S/C30H26ClF4N5O4/c1-2-28(27(36)42)14-44-25-20(28)11-22(38-24(25)15-3-5-18(32)6-4-15)29(43,30(33,34)35)13-37-26(41)16-9-17-12-40(19-7-8-19)39-23(17)21(31)10-16/h3-6,9-12,19,43H,2,7-8,13-14H2,1H3,(H2,36,42)(H,37,41)/t28-,29-/m0/s1. The van der Waals surface area contributed by atoms with E-state index < -0.39 is 47.1 Å². The molecule has 1 aliphatic carbocycles. The number of aliphatic hydroxyl groups is 1. The van der Waals surface area contributed by atoms with Crippen LogP contribution in [-0.4, -0.2) is 51.0 Å². The Morgan fingerprint density at radius 3 is 2.52 bits per heavy atom. The first-order valence-electron chi connectivity index (χ1n) is 13.8. The van der Waals surface area contributed by atoms with Crippen molar-refractivity contribution >= 4 is 34.3 Å². The summed E-state index contributed by atoms with van der Waals surface area (Å²) < 4.78 is 65.4. The third kappa shape index (κ3) is 4.84. The summed E-state index contributed by atoms with van der Waals surface area (Å²) in [6.07, 6.45) is -1.65. The zero-order valence-electron chi connectivity index (χ0n) is 23.2. The number of aromatic nitrogens is 3. The van der Waals surface area contributed by atoms with E-state index in [0.717, 1.165) is 31.0 Å². The molecule has 0 radical (unpaired) electrons. The lowest BCUT2D eigenvalue weighted by Crippen LogP contribution is -2.52. The molecule has 2 amide bonds. The van der Waals surface area contributed by atoms with E-state index in [1.807, 2.05) is 0 Å². The highest BCUT2D eigenvalue weighted by Crippen LogP contribution is 2.49. The van der Waals surface area contributed by atoms with Gasteiger partial charge in [-0.05, 0) is 61.7 Å². The van der Waals surface area contributed by atoms with Crippen molar-refractivity contribution in [1.82, 2.24) is 20.1 Å². The minimum atomic E-state index is -5.35. The van der Waals surface area contributed by atoms with Crippen LogP contribution in [0.1, 0.15) is 53.8 Å². The van der Waals surface area contributed by atoms with Gasteiger partial charge in [-0.2, -0.15) is 18.3 Å². The first-order valence-corrected chi connectivity index (χ1v) is 14.2. The number of halogens is 5. The van der Waals surface area contributed by atoms with Crippen molar-refractivity contribution in [3.05, 3.63) is 76.3 Å². The number of hydrogen-bond donors (Lipinski definition) is 3. The largest absolute Gasteiger partial charge is 0.489 e. The second-order valence-electron chi connectivity index (χ2n) is 11.1. The Morgan fingerprint density at radius 2 is 1.91 bits per heavy atom. The van der Waals surface area contributed by atoms with Gasteiger partial charge in [0, 0.05) is 28.3 Å². The topological polar surface area (TPSA) is 132 Å². The second-order valence-corrected chi connectivity index (χ2v) is 11.5. The number of nitrogens with zero attached hydrogens (tertiary/aromatic N) is 3. The first-order chi connectivity index (χ1) is 20.8. The average Bonchev–Trinajstić information content (AvgIpc) is 3.62. The number of nitrogens with two attached hydrogens (primary N) is 1. The molecule has 0 spiro atoms. The zero-order chi connectivity index (χ0) is 31.6. The van der Waals surface area contributed by atoms with Gasteiger partial charge >= 0.3 is 6.18 Å². The van der Waals surface area contributed by atoms with Gasteiger partial charge in [-0.3, -0.25) is 14.3 Å². The number of carbonyl (C=O) groups is 2. The summed E-state index contributed by atoms with van der Waals surface area (Å²) in [6.45, 7) is 0.0140. The lowest BCUT2D eigenvalue weighted by molar-refractivity contribution is -0.265. The number of nitrogens with one attached hydrogen (secondary N) is 1. The molecule has 6 rings (SSSR count). The number of fused-ring (bicyclic) bond motifs is 2. The Kier molecular flexibility index (Phi) is 7.08. The normalized spacial score (nSPS) is 19.3. The lowest BCUT2D eigenvalue weighted by Gasteiger charge is -2.32. The molecule has 44 heavy (non-hydrogen) atoms. The zero-order valence-corrected chi connectivity index (χ0v) is 24.0. The van der Waals surface area contributed by atoms with Crippen LogP contribution in [-0.2, 0) is 15.8 Å². The smallest absolute Gasteiger partial charge is 0.424 e. The number of pyridine rings is 1. The molecule has 0 saturated heterocycles. The second kappa shape index (κ2) is 10.4. The molecule has 2 aliphatic rings. The number of ether oxygens (including phenoxy) is 1. The molecule has 3 heterocycles. The fraction of sp³-hybridized carbons (Fsp3) is 0.333. The van der Waals surface area contributed by atoms with Crippen molar-refractivity contribution in [3.8, 4) is 17.0 Å². The van der Waals surface area contributed by atoms with E-state index >= 15 is 0 Å². The highest BCUT2D eigenvalue weighted by Gasteiger charge is 2.58. The van der Waals surface area contributed by atoms with Crippen molar-refractivity contribution in [1.29, 1.82) is 0 Å². The van der Waals surface area contributed by atoms with E-state index in [9.17, 15) is 32.3 Å². The fourth-order valence-electron chi connectivity index (χ4n) is 5.41. The average molecular weight is 632 g/mol. The number of hydrogen-bond acceptors (Lipinski definition) is 6. The molecule has 1 saturated carbocycles. The van der Waals surface area contributed by atoms with Crippen molar-refractivity contribution in [2.75, 3.05) is 13.2 Å². The van der Waals surface area contributed by atoms with Crippen LogP contribution in [0.4, 0.5) is 17.6 Å². The van der Waals surface area contributed by atoms with Crippen LogP contribution in [0.5, 0.6) is 5.75 Å². The highest BCUT2D eigenvalue weighted by atomic mass is 35.5. The van der Waals surface area contributed by atoms with Gasteiger partial charge in [-0.15, -0.1) is 0 Å². The maximum Gasteiger partial charge on any atom is 0.424 e. The molecular formula is C30H26ClF4N5O4. The number of carbonyl (C=O) groups excluding carboxylic acids is 2. The third-order valence-electron chi connectivity index (χ3n) is 8.30. The van der Waals surface area contributed by atoms with Crippen LogP contribution in [0.3, 0.4) is 0 Å². The molecule has 1 aliphatic heterocycles. The van der Waals surface area contributed by atoms with E-state index in [2.05, 4.69) is 15.4 Å². The number of primary amides is 1. The number of alkyl halides is 3. The van der Waals surface area contributed by atoms with E-state index in [4.69, 9.17) is 22.1 Å². The predicted molar refractivity (Wildman–Crippen MR) is 152 cm³/mol. The Hall–Kier alpha value is -4.23. The Bertz CT molecular complexity index is 1810. The SMILES string of the molecule is CC[C@]1(C(N)=O)COc2c1cc([C@@](O)(CNC(=O)c1cc(Cl)c3nn(C4CC4)cc3c1)C(F)(F)F)nc2-c1ccc(F)cc1. The number of amides is 2. The highest BCUT2D eigenvalue weighted by molar-refractivity contribution is 6.35.